The summed E-state index contributed by atoms with van der Waals surface area (Å²) in [6, 6.07) is 16.8. The molecule has 0 aliphatic heterocycles. The second-order valence-corrected chi connectivity index (χ2v) is 5.68. The second-order valence-electron chi connectivity index (χ2n) is 5.68. The monoisotopic (exact) mass is 263 g/mol. The van der Waals surface area contributed by atoms with E-state index in [9.17, 15) is 0 Å². The maximum Gasteiger partial charge on any atom is 0.137 e. The van der Waals surface area contributed by atoms with Gasteiger partial charge >= 0.3 is 0 Å². The van der Waals surface area contributed by atoms with Crippen molar-refractivity contribution in [2.45, 2.75) is 25.3 Å². The number of benzene rings is 2. The van der Waals surface area contributed by atoms with E-state index in [-0.39, 0.29) is 6.04 Å². The zero-order valence-corrected chi connectivity index (χ0v) is 11.5. The standard InChI is InChI=1S/C18H17NO/c1-11-5-4-7-13-10-16(20-18(11)13)17(19)15-9-12-6-2-3-8-14(12)15/h2-8,10,15,17H,9,19H2,1H3. The zero-order valence-electron chi connectivity index (χ0n) is 11.5. The fourth-order valence-corrected chi connectivity index (χ4v) is 3.21. The van der Waals surface area contributed by atoms with Crippen LogP contribution >= 0.6 is 0 Å². The van der Waals surface area contributed by atoms with Crippen LogP contribution in [0.1, 0.15) is 34.4 Å². The summed E-state index contributed by atoms with van der Waals surface area (Å²) in [7, 11) is 0. The number of para-hydroxylation sites is 1. The van der Waals surface area contributed by atoms with Gasteiger partial charge in [-0.1, -0.05) is 42.5 Å². The predicted octanol–water partition coefficient (Wildman–Crippen LogP) is 4.08. The van der Waals surface area contributed by atoms with Crippen LogP contribution in [0.4, 0.5) is 0 Å². The Morgan fingerprint density at radius 3 is 2.80 bits per heavy atom. The van der Waals surface area contributed by atoms with Crippen molar-refractivity contribution in [3.8, 4) is 0 Å². The van der Waals surface area contributed by atoms with E-state index >= 15 is 0 Å². The van der Waals surface area contributed by atoms with Crippen LogP contribution in [0.2, 0.25) is 0 Å². The fourth-order valence-electron chi connectivity index (χ4n) is 3.21. The molecule has 1 aliphatic rings. The van der Waals surface area contributed by atoms with Crippen LogP contribution in [-0.2, 0) is 6.42 Å². The van der Waals surface area contributed by atoms with Crippen molar-refractivity contribution in [2.75, 3.05) is 0 Å². The third-order valence-electron chi connectivity index (χ3n) is 4.42. The normalized spacial score (nSPS) is 18.6. The third kappa shape index (κ3) is 1.61. The van der Waals surface area contributed by atoms with Crippen molar-refractivity contribution in [1.82, 2.24) is 0 Å². The van der Waals surface area contributed by atoms with Gasteiger partial charge in [0.2, 0.25) is 0 Å². The number of fused-ring (bicyclic) bond motifs is 2. The second kappa shape index (κ2) is 4.22. The topological polar surface area (TPSA) is 39.2 Å². The molecule has 2 aromatic carbocycles. The molecule has 2 N–H and O–H groups in total. The molecule has 2 heteroatoms. The Morgan fingerprint density at radius 2 is 2.00 bits per heavy atom. The molecule has 2 nitrogen and oxygen atoms in total. The summed E-state index contributed by atoms with van der Waals surface area (Å²) in [4.78, 5) is 0. The van der Waals surface area contributed by atoms with E-state index in [1.165, 1.54) is 11.1 Å². The first-order chi connectivity index (χ1) is 9.74. The molecular weight excluding hydrogens is 246 g/mol. The molecule has 2 unspecified atom stereocenters. The summed E-state index contributed by atoms with van der Waals surface area (Å²) in [5.74, 6) is 1.28. The van der Waals surface area contributed by atoms with E-state index in [0.717, 1.165) is 28.7 Å². The summed E-state index contributed by atoms with van der Waals surface area (Å²) in [5, 5.41) is 1.14. The third-order valence-corrected chi connectivity index (χ3v) is 4.42. The number of aryl methyl sites for hydroxylation is 1. The Hall–Kier alpha value is -2.06. The molecule has 4 rings (SSSR count). The number of rotatable bonds is 2. The Morgan fingerprint density at radius 1 is 1.15 bits per heavy atom. The highest BCUT2D eigenvalue weighted by molar-refractivity contribution is 5.81. The fraction of sp³-hybridized carbons (Fsp3) is 0.222. The van der Waals surface area contributed by atoms with Crippen molar-refractivity contribution < 1.29 is 4.42 Å². The van der Waals surface area contributed by atoms with Crippen molar-refractivity contribution in [1.29, 1.82) is 0 Å². The van der Waals surface area contributed by atoms with E-state index in [1.54, 1.807) is 0 Å². The molecular formula is C18H17NO. The first-order valence-corrected chi connectivity index (χ1v) is 7.06. The Labute approximate surface area is 118 Å². The lowest BCUT2D eigenvalue weighted by Crippen LogP contribution is -2.28. The van der Waals surface area contributed by atoms with Gasteiger partial charge in [0.05, 0.1) is 6.04 Å². The first-order valence-electron chi connectivity index (χ1n) is 7.06. The number of furan rings is 1. The van der Waals surface area contributed by atoms with E-state index in [4.69, 9.17) is 10.2 Å². The van der Waals surface area contributed by atoms with E-state index < -0.39 is 0 Å². The van der Waals surface area contributed by atoms with Crippen LogP contribution < -0.4 is 5.73 Å². The molecule has 0 bridgehead atoms. The van der Waals surface area contributed by atoms with Crippen molar-refractivity contribution in [3.05, 3.63) is 71.0 Å². The van der Waals surface area contributed by atoms with Gasteiger partial charge in [-0.2, -0.15) is 0 Å². The smallest absolute Gasteiger partial charge is 0.137 e. The quantitative estimate of drug-likeness (QED) is 0.756. The highest BCUT2D eigenvalue weighted by Gasteiger charge is 2.33. The van der Waals surface area contributed by atoms with Gasteiger partial charge in [-0.05, 0) is 36.1 Å². The molecule has 1 heterocycles. The molecule has 1 aromatic heterocycles. The summed E-state index contributed by atoms with van der Waals surface area (Å²) < 4.78 is 6.01. The molecule has 3 aromatic rings. The maximum absolute atomic E-state index is 6.44. The van der Waals surface area contributed by atoms with E-state index in [0.29, 0.717) is 5.92 Å². The molecule has 100 valence electrons. The van der Waals surface area contributed by atoms with Crippen molar-refractivity contribution in [3.63, 3.8) is 0 Å². The lowest BCUT2D eigenvalue weighted by molar-refractivity contribution is 0.416. The van der Waals surface area contributed by atoms with Crippen molar-refractivity contribution >= 4 is 11.0 Å². The maximum atomic E-state index is 6.44. The first kappa shape index (κ1) is 11.7. The molecule has 0 radical (unpaired) electrons. The minimum absolute atomic E-state index is 0.0586. The van der Waals surface area contributed by atoms with E-state index in [1.807, 2.05) is 0 Å². The van der Waals surface area contributed by atoms with Crippen molar-refractivity contribution in [2.24, 2.45) is 5.73 Å². The van der Waals surface area contributed by atoms with Crippen LogP contribution in [0.25, 0.3) is 11.0 Å². The molecule has 0 saturated heterocycles. The van der Waals surface area contributed by atoms with Crippen LogP contribution in [-0.4, -0.2) is 0 Å². The summed E-state index contributed by atoms with van der Waals surface area (Å²) >= 11 is 0. The Kier molecular flexibility index (Phi) is 2.48. The largest absolute Gasteiger partial charge is 0.459 e. The Balaban J connectivity index is 1.72. The molecule has 0 fully saturated rings. The van der Waals surface area contributed by atoms with Gasteiger partial charge in [0.1, 0.15) is 11.3 Å². The van der Waals surface area contributed by atoms with Crippen LogP contribution in [0, 0.1) is 6.92 Å². The molecule has 1 aliphatic carbocycles. The van der Waals surface area contributed by atoms with Gasteiger partial charge in [0, 0.05) is 11.3 Å². The molecule has 0 spiro atoms. The SMILES string of the molecule is Cc1cccc2cc(C(N)C3Cc4ccccc43)oc12. The average molecular weight is 263 g/mol. The molecule has 0 saturated carbocycles. The molecule has 20 heavy (non-hydrogen) atoms. The van der Waals surface area contributed by atoms with Gasteiger partial charge in [0.15, 0.2) is 0 Å². The number of nitrogens with two attached hydrogens (primary N) is 1. The minimum atomic E-state index is -0.0586. The minimum Gasteiger partial charge on any atom is -0.459 e. The summed E-state index contributed by atoms with van der Waals surface area (Å²) in [6.07, 6.45) is 1.05. The van der Waals surface area contributed by atoms with Gasteiger partial charge in [-0.25, -0.2) is 0 Å². The molecule has 0 amide bonds. The number of hydrogen-bond donors (Lipinski definition) is 1. The lowest BCUT2D eigenvalue weighted by atomic mass is 9.73. The summed E-state index contributed by atoms with van der Waals surface area (Å²) in [6.45, 7) is 2.07. The Bertz CT molecular complexity index is 787. The average Bonchev–Trinajstić information content (AvgIpc) is 2.85. The lowest BCUT2D eigenvalue weighted by Gasteiger charge is -2.33. The molecule has 2 atom stereocenters. The number of hydrogen-bond acceptors (Lipinski definition) is 2. The van der Waals surface area contributed by atoms with Crippen LogP contribution in [0.5, 0.6) is 0 Å². The van der Waals surface area contributed by atoms with E-state index in [2.05, 4.69) is 55.5 Å². The van der Waals surface area contributed by atoms with Crippen LogP contribution in [0.3, 0.4) is 0 Å². The highest BCUT2D eigenvalue weighted by atomic mass is 16.3. The van der Waals surface area contributed by atoms with Gasteiger partial charge in [-0.3, -0.25) is 0 Å². The van der Waals surface area contributed by atoms with Gasteiger partial charge in [0.25, 0.3) is 0 Å². The summed E-state index contributed by atoms with van der Waals surface area (Å²) in [5.41, 5.74) is 11.4. The van der Waals surface area contributed by atoms with Gasteiger partial charge in [-0.15, -0.1) is 0 Å². The zero-order chi connectivity index (χ0) is 13.7. The van der Waals surface area contributed by atoms with Crippen LogP contribution in [0.15, 0.2) is 52.9 Å². The van der Waals surface area contributed by atoms with Gasteiger partial charge < -0.3 is 10.2 Å². The highest BCUT2D eigenvalue weighted by Crippen LogP contribution is 2.43. The predicted molar refractivity (Wildman–Crippen MR) is 80.8 cm³/mol.